The highest BCUT2D eigenvalue weighted by Gasteiger charge is 2.36. The number of benzene rings is 1. The Balaban J connectivity index is 2.01. The number of hydrogen-bond donors (Lipinski definition) is 1. The van der Waals surface area contributed by atoms with Gasteiger partial charge in [-0.2, -0.15) is 0 Å². The number of carbonyl (C=O) groups is 3. The molecule has 0 aliphatic carbocycles. The molecule has 2 rings (SSSR count). The Morgan fingerprint density at radius 1 is 1.25 bits per heavy atom. The third-order valence-corrected chi connectivity index (χ3v) is 3.22. The van der Waals surface area contributed by atoms with Crippen LogP contribution >= 0.6 is 0 Å². The molecular formula is C15H18N2O3. The van der Waals surface area contributed by atoms with E-state index in [1.165, 1.54) is 4.90 Å². The fraction of sp³-hybridized carbons (Fsp3) is 0.400. The van der Waals surface area contributed by atoms with Crippen molar-refractivity contribution in [1.82, 2.24) is 5.32 Å². The number of rotatable bonds is 5. The number of anilines is 1. The largest absolute Gasteiger partial charge is 0.355 e. The van der Waals surface area contributed by atoms with Crippen molar-refractivity contribution in [2.24, 2.45) is 5.92 Å². The highest BCUT2D eigenvalue weighted by Crippen LogP contribution is 2.27. The molecule has 0 aromatic heterocycles. The molecule has 0 spiro atoms. The number of ketones is 1. The van der Waals surface area contributed by atoms with Gasteiger partial charge < -0.3 is 5.32 Å². The number of fused-ring (bicyclic) bond motifs is 1. The van der Waals surface area contributed by atoms with E-state index in [-0.39, 0.29) is 12.5 Å². The van der Waals surface area contributed by atoms with Gasteiger partial charge in [-0.15, -0.1) is 0 Å². The van der Waals surface area contributed by atoms with Crippen LogP contribution in [0.25, 0.3) is 0 Å². The molecule has 1 aliphatic rings. The number of hydrogen-bond acceptors (Lipinski definition) is 3. The fourth-order valence-corrected chi connectivity index (χ4v) is 2.10. The number of amides is 2. The summed E-state index contributed by atoms with van der Waals surface area (Å²) < 4.78 is 0. The predicted molar refractivity (Wildman–Crippen MR) is 75.6 cm³/mol. The van der Waals surface area contributed by atoms with Crippen molar-refractivity contribution in [3.05, 3.63) is 29.8 Å². The Morgan fingerprint density at radius 3 is 2.65 bits per heavy atom. The lowest BCUT2D eigenvalue weighted by molar-refractivity contribution is -0.122. The van der Waals surface area contributed by atoms with Crippen molar-refractivity contribution in [3.63, 3.8) is 0 Å². The van der Waals surface area contributed by atoms with Gasteiger partial charge in [0.25, 0.3) is 11.7 Å². The van der Waals surface area contributed by atoms with Crippen LogP contribution in [0.1, 0.15) is 30.6 Å². The van der Waals surface area contributed by atoms with E-state index in [0.717, 1.165) is 6.42 Å². The average Bonchev–Trinajstić information content (AvgIpc) is 2.64. The zero-order chi connectivity index (χ0) is 14.7. The van der Waals surface area contributed by atoms with Crippen molar-refractivity contribution in [2.75, 3.05) is 18.0 Å². The van der Waals surface area contributed by atoms with Crippen LogP contribution in [-0.4, -0.2) is 30.7 Å². The van der Waals surface area contributed by atoms with Gasteiger partial charge in [0.05, 0.1) is 11.3 Å². The Hall–Kier alpha value is -2.17. The molecule has 5 heteroatoms. The van der Waals surface area contributed by atoms with E-state index in [1.807, 2.05) is 0 Å². The first-order chi connectivity index (χ1) is 9.50. The van der Waals surface area contributed by atoms with Gasteiger partial charge in [0.1, 0.15) is 6.54 Å². The molecule has 2 amide bonds. The van der Waals surface area contributed by atoms with Gasteiger partial charge >= 0.3 is 0 Å². The topological polar surface area (TPSA) is 66.5 Å². The number of carbonyl (C=O) groups excluding carboxylic acids is 3. The molecule has 1 aromatic carbocycles. The molecule has 1 aliphatic heterocycles. The van der Waals surface area contributed by atoms with E-state index in [2.05, 4.69) is 19.2 Å². The summed E-state index contributed by atoms with van der Waals surface area (Å²) in [5.41, 5.74) is 0.883. The van der Waals surface area contributed by atoms with Gasteiger partial charge in [-0.05, 0) is 24.5 Å². The lowest BCUT2D eigenvalue weighted by Gasteiger charge is -2.16. The number of nitrogens with one attached hydrogen (secondary N) is 1. The maximum atomic E-state index is 11.9. The van der Waals surface area contributed by atoms with E-state index in [4.69, 9.17) is 0 Å². The molecule has 0 radical (unpaired) electrons. The molecule has 1 heterocycles. The third-order valence-electron chi connectivity index (χ3n) is 3.22. The maximum absolute atomic E-state index is 11.9. The summed E-state index contributed by atoms with van der Waals surface area (Å²) in [5.74, 6) is -0.921. The van der Waals surface area contributed by atoms with E-state index in [1.54, 1.807) is 24.3 Å². The SMILES string of the molecule is CC(C)CCNC(=O)CN1C(=O)C(=O)c2ccccc21. The van der Waals surface area contributed by atoms with Crippen molar-refractivity contribution < 1.29 is 14.4 Å². The second-order valence-corrected chi connectivity index (χ2v) is 5.27. The van der Waals surface area contributed by atoms with Gasteiger partial charge in [0, 0.05) is 6.54 Å². The summed E-state index contributed by atoms with van der Waals surface area (Å²) in [4.78, 5) is 36.7. The summed E-state index contributed by atoms with van der Waals surface area (Å²) in [6, 6.07) is 6.73. The zero-order valence-corrected chi connectivity index (χ0v) is 11.7. The summed E-state index contributed by atoms with van der Waals surface area (Å²) >= 11 is 0. The minimum atomic E-state index is -0.634. The Bertz CT molecular complexity index is 552. The van der Waals surface area contributed by atoms with Crippen LogP contribution in [0.5, 0.6) is 0 Å². The second-order valence-electron chi connectivity index (χ2n) is 5.27. The van der Waals surface area contributed by atoms with Gasteiger partial charge in [0.15, 0.2) is 0 Å². The average molecular weight is 274 g/mol. The van der Waals surface area contributed by atoms with Crippen LogP contribution in [0.15, 0.2) is 24.3 Å². The standard InChI is InChI=1S/C15H18N2O3/c1-10(2)7-8-16-13(18)9-17-12-6-4-3-5-11(12)14(19)15(17)20/h3-6,10H,7-9H2,1-2H3,(H,16,18). The van der Waals surface area contributed by atoms with E-state index in [0.29, 0.717) is 23.7 Å². The molecule has 0 saturated carbocycles. The third kappa shape index (κ3) is 2.87. The number of Topliss-reactive ketones (excluding diaryl/α,β-unsaturated/α-hetero) is 1. The minimum Gasteiger partial charge on any atom is -0.355 e. The smallest absolute Gasteiger partial charge is 0.299 e. The van der Waals surface area contributed by atoms with Gasteiger partial charge in [0.2, 0.25) is 5.91 Å². The molecular weight excluding hydrogens is 256 g/mol. The maximum Gasteiger partial charge on any atom is 0.299 e. The molecule has 1 N–H and O–H groups in total. The molecule has 0 bridgehead atoms. The minimum absolute atomic E-state index is 0.111. The van der Waals surface area contributed by atoms with Gasteiger partial charge in [-0.3, -0.25) is 19.3 Å². The van der Waals surface area contributed by atoms with Gasteiger partial charge in [-0.25, -0.2) is 0 Å². The quantitative estimate of drug-likeness (QED) is 0.825. The van der Waals surface area contributed by atoms with Crippen molar-refractivity contribution in [1.29, 1.82) is 0 Å². The van der Waals surface area contributed by atoms with Crippen molar-refractivity contribution in [2.45, 2.75) is 20.3 Å². The summed E-state index contributed by atoms with van der Waals surface area (Å²) in [6.45, 7) is 4.62. The Kier molecular flexibility index (Phi) is 4.17. The van der Waals surface area contributed by atoms with Crippen molar-refractivity contribution >= 4 is 23.3 Å². The summed E-state index contributed by atoms with van der Waals surface area (Å²) in [5, 5.41) is 2.76. The molecule has 5 nitrogen and oxygen atoms in total. The predicted octanol–water partition coefficient (Wildman–Crippen LogP) is 1.38. The first-order valence-electron chi connectivity index (χ1n) is 6.72. The first kappa shape index (κ1) is 14.2. The van der Waals surface area contributed by atoms with Gasteiger partial charge in [-0.1, -0.05) is 26.0 Å². The second kappa shape index (κ2) is 5.86. The summed E-state index contributed by atoms with van der Waals surface area (Å²) in [7, 11) is 0. The Morgan fingerprint density at radius 2 is 1.95 bits per heavy atom. The Labute approximate surface area is 118 Å². The highest BCUT2D eigenvalue weighted by molar-refractivity contribution is 6.52. The number of nitrogens with zero attached hydrogens (tertiary/aromatic N) is 1. The van der Waals surface area contributed by atoms with E-state index >= 15 is 0 Å². The molecule has 0 unspecified atom stereocenters. The molecule has 1 aromatic rings. The fourth-order valence-electron chi connectivity index (χ4n) is 2.10. The van der Waals surface area contributed by atoms with E-state index < -0.39 is 11.7 Å². The van der Waals surface area contributed by atoms with Crippen LogP contribution in [0.3, 0.4) is 0 Å². The number of para-hydroxylation sites is 1. The van der Waals surface area contributed by atoms with Crippen LogP contribution in [0, 0.1) is 5.92 Å². The van der Waals surface area contributed by atoms with Crippen LogP contribution in [-0.2, 0) is 9.59 Å². The summed E-state index contributed by atoms with van der Waals surface area (Å²) in [6.07, 6.45) is 0.884. The van der Waals surface area contributed by atoms with Crippen LogP contribution < -0.4 is 10.2 Å². The molecule has 0 atom stereocenters. The molecule has 20 heavy (non-hydrogen) atoms. The first-order valence-corrected chi connectivity index (χ1v) is 6.72. The zero-order valence-electron chi connectivity index (χ0n) is 11.7. The highest BCUT2D eigenvalue weighted by atomic mass is 16.2. The van der Waals surface area contributed by atoms with Crippen LogP contribution in [0.2, 0.25) is 0 Å². The lowest BCUT2D eigenvalue weighted by atomic mass is 10.1. The molecule has 106 valence electrons. The molecule has 0 saturated heterocycles. The van der Waals surface area contributed by atoms with Crippen LogP contribution in [0.4, 0.5) is 5.69 Å². The lowest BCUT2D eigenvalue weighted by Crippen LogP contribution is -2.40. The monoisotopic (exact) mass is 274 g/mol. The van der Waals surface area contributed by atoms with E-state index in [9.17, 15) is 14.4 Å². The van der Waals surface area contributed by atoms with Crippen molar-refractivity contribution in [3.8, 4) is 0 Å². The molecule has 0 fully saturated rings. The normalized spacial score (nSPS) is 13.8.